The van der Waals surface area contributed by atoms with Gasteiger partial charge in [0.2, 0.25) is 0 Å². The molecule has 3 aromatic rings. The Hall–Kier alpha value is -2.87. The number of aromatic nitrogens is 3. The fourth-order valence-electron chi connectivity index (χ4n) is 2.40. The quantitative estimate of drug-likeness (QED) is 0.284. The van der Waals surface area contributed by atoms with Crippen molar-refractivity contribution in [3.05, 3.63) is 78.6 Å². The van der Waals surface area contributed by atoms with Crippen molar-refractivity contribution in [2.24, 2.45) is 0 Å². The molecule has 1 aromatic heterocycles. The van der Waals surface area contributed by atoms with Gasteiger partial charge in [0.15, 0.2) is 22.5 Å². The molecule has 0 spiro atoms. The summed E-state index contributed by atoms with van der Waals surface area (Å²) in [4.78, 5) is 0. The molecular formula is C20H19F2N3O2S. The Kier molecular flexibility index (Phi) is 7.02. The van der Waals surface area contributed by atoms with Crippen molar-refractivity contribution in [2.75, 3.05) is 12.4 Å². The molecule has 0 unspecified atom stereocenters. The fraction of sp³-hybridized carbons (Fsp3) is 0.200. The minimum atomic E-state index is -0.429. The van der Waals surface area contributed by atoms with Gasteiger partial charge in [0.1, 0.15) is 18.2 Å². The van der Waals surface area contributed by atoms with Gasteiger partial charge in [-0.1, -0.05) is 36.0 Å². The minimum Gasteiger partial charge on any atom is -0.493 e. The molecule has 146 valence electrons. The normalized spacial score (nSPS) is 10.6. The van der Waals surface area contributed by atoms with Crippen LogP contribution in [0.2, 0.25) is 0 Å². The Morgan fingerprint density at radius 2 is 1.93 bits per heavy atom. The summed E-state index contributed by atoms with van der Waals surface area (Å²) in [5.41, 5.74) is 0. The lowest BCUT2D eigenvalue weighted by Gasteiger charge is -2.10. The van der Waals surface area contributed by atoms with Crippen LogP contribution in [0.3, 0.4) is 0 Å². The lowest BCUT2D eigenvalue weighted by Crippen LogP contribution is -2.08. The SMILES string of the molecule is C=CCn1c(COc2ccccc2F)nnc1SCCOc1cccc(F)c1. The molecule has 5 nitrogen and oxygen atoms in total. The zero-order chi connectivity index (χ0) is 19.8. The van der Waals surface area contributed by atoms with Crippen molar-refractivity contribution in [1.29, 1.82) is 0 Å². The van der Waals surface area contributed by atoms with Crippen molar-refractivity contribution < 1.29 is 18.3 Å². The van der Waals surface area contributed by atoms with Gasteiger partial charge in [-0.15, -0.1) is 16.8 Å². The van der Waals surface area contributed by atoms with E-state index in [4.69, 9.17) is 9.47 Å². The van der Waals surface area contributed by atoms with E-state index in [0.29, 0.717) is 35.6 Å². The van der Waals surface area contributed by atoms with Crippen LogP contribution in [0.1, 0.15) is 5.82 Å². The summed E-state index contributed by atoms with van der Waals surface area (Å²) in [5, 5.41) is 8.98. The molecule has 1 heterocycles. The van der Waals surface area contributed by atoms with Crippen molar-refractivity contribution in [2.45, 2.75) is 18.3 Å². The summed E-state index contributed by atoms with van der Waals surface area (Å²) in [6, 6.07) is 12.2. The van der Waals surface area contributed by atoms with E-state index in [2.05, 4.69) is 16.8 Å². The molecule has 2 aromatic carbocycles. The predicted octanol–water partition coefficient (Wildman–Crippen LogP) is 4.49. The van der Waals surface area contributed by atoms with Crippen LogP contribution in [0.5, 0.6) is 11.5 Å². The maximum Gasteiger partial charge on any atom is 0.191 e. The van der Waals surface area contributed by atoms with Crippen LogP contribution in [0.4, 0.5) is 8.78 Å². The molecule has 8 heteroatoms. The maximum atomic E-state index is 13.7. The van der Waals surface area contributed by atoms with E-state index in [1.54, 1.807) is 36.4 Å². The van der Waals surface area contributed by atoms with Crippen LogP contribution in [-0.4, -0.2) is 27.1 Å². The highest BCUT2D eigenvalue weighted by Crippen LogP contribution is 2.21. The number of allylic oxidation sites excluding steroid dienone is 1. The Bertz CT molecular complexity index is 933. The summed E-state index contributed by atoms with van der Waals surface area (Å²) in [6.07, 6.45) is 1.73. The van der Waals surface area contributed by atoms with E-state index in [-0.39, 0.29) is 18.2 Å². The summed E-state index contributed by atoms with van der Waals surface area (Å²) in [7, 11) is 0. The molecule has 0 aliphatic heterocycles. The van der Waals surface area contributed by atoms with Gasteiger partial charge in [0.25, 0.3) is 0 Å². The Morgan fingerprint density at radius 1 is 1.07 bits per heavy atom. The molecule has 0 radical (unpaired) electrons. The Labute approximate surface area is 166 Å². The molecule has 0 saturated heterocycles. The summed E-state index contributed by atoms with van der Waals surface area (Å²) < 4.78 is 39.7. The van der Waals surface area contributed by atoms with Gasteiger partial charge < -0.3 is 9.47 Å². The van der Waals surface area contributed by atoms with Gasteiger partial charge in [-0.2, -0.15) is 0 Å². The van der Waals surface area contributed by atoms with E-state index < -0.39 is 5.82 Å². The van der Waals surface area contributed by atoms with E-state index in [0.717, 1.165) is 0 Å². The van der Waals surface area contributed by atoms with Gasteiger partial charge in [-0.05, 0) is 24.3 Å². The van der Waals surface area contributed by atoms with E-state index in [1.165, 1.54) is 30.0 Å². The number of para-hydroxylation sites is 1. The van der Waals surface area contributed by atoms with Gasteiger partial charge in [0, 0.05) is 18.4 Å². The van der Waals surface area contributed by atoms with Crippen LogP contribution in [0.15, 0.2) is 66.3 Å². The molecule has 0 aliphatic carbocycles. The monoisotopic (exact) mass is 403 g/mol. The van der Waals surface area contributed by atoms with Crippen LogP contribution in [0.25, 0.3) is 0 Å². The van der Waals surface area contributed by atoms with Crippen LogP contribution in [-0.2, 0) is 13.2 Å². The third-order valence-electron chi connectivity index (χ3n) is 3.68. The molecule has 0 saturated carbocycles. The molecule has 28 heavy (non-hydrogen) atoms. The fourth-order valence-corrected chi connectivity index (χ4v) is 3.18. The third kappa shape index (κ3) is 5.32. The smallest absolute Gasteiger partial charge is 0.191 e. The highest BCUT2D eigenvalue weighted by atomic mass is 32.2. The number of halogens is 2. The van der Waals surface area contributed by atoms with Crippen LogP contribution in [0, 0.1) is 11.6 Å². The second-order valence-corrected chi connectivity index (χ2v) is 6.73. The summed E-state index contributed by atoms with van der Waals surface area (Å²) in [5.74, 6) is 1.04. The zero-order valence-corrected chi connectivity index (χ0v) is 15.9. The van der Waals surface area contributed by atoms with Crippen LogP contribution >= 0.6 is 11.8 Å². The molecule has 3 rings (SSSR count). The third-order valence-corrected chi connectivity index (χ3v) is 4.61. The van der Waals surface area contributed by atoms with Gasteiger partial charge >= 0.3 is 0 Å². The first-order valence-electron chi connectivity index (χ1n) is 8.59. The molecule has 0 aliphatic rings. The number of hydrogen-bond donors (Lipinski definition) is 0. The first-order valence-corrected chi connectivity index (χ1v) is 9.57. The van der Waals surface area contributed by atoms with Crippen molar-refractivity contribution in [1.82, 2.24) is 14.8 Å². The number of ether oxygens (including phenoxy) is 2. The van der Waals surface area contributed by atoms with Gasteiger partial charge in [0.05, 0.1) is 6.61 Å². The summed E-state index contributed by atoms with van der Waals surface area (Å²) in [6.45, 7) is 4.71. The van der Waals surface area contributed by atoms with Gasteiger partial charge in [-0.3, -0.25) is 4.57 Å². The number of hydrogen-bond acceptors (Lipinski definition) is 5. The lowest BCUT2D eigenvalue weighted by molar-refractivity contribution is 0.275. The average Bonchev–Trinajstić information content (AvgIpc) is 3.07. The predicted molar refractivity (Wildman–Crippen MR) is 104 cm³/mol. The van der Waals surface area contributed by atoms with Crippen molar-refractivity contribution in [3.8, 4) is 11.5 Å². The first-order chi connectivity index (χ1) is 13.7. The maximum absolute atomic E-state index is 13.7. The Morgan fingerprint density at radius 3 is 2.71 bits per heavy atom. The van der Waals surface area contributed by atoms with Crippen molar-refractivity contribution in [3.63, 3.8) is 0 Å². The standard InChI is InChI=1S/C20H19F2N3O2S/c1-2-10-25-19(14-27-18-9-4-3-8-17(18)22)23-24-20(25)28-12-11-26-16-7-5-6-15(21)13-16/h2-9,13H,1,10-12,14H2. The van der Waals surface area contributed by atoms with E-state index >= 15 is 0 Å². The van der Waals surface area contributed by atoms with Gasteiger partial charge in [-0.25, -0.2) is 8.78 Å². The van der Waals surface area contributed by atoms with Crippen molar-refractivity contribution >= 4 is 11.8 Å². The molecular weight excluding hydrogens is 384 g/mol. The molecule has 0 atom stereocenters. The summed E-state index contributed by atoms with van der Waals surface area (Å²) >= 11 is 1.45. The highest BCUT2D eigenvalue weighted by molar-refractivity contribution is 7.99. The van der Waals surface area contributed by atoms with E-state index in [9.17, 15) is 8.78 Å². The van der Waals surface area contributed by atoms with Crippen LogP contribution < -0.4 is 9.47 Å². The molecule has 0 bridgehead atoms. The molecule has 0 amide bonds. The second-order valence-electron chi connectivity index (χ2n) is 5.67. The number of rotatable bonds is 10. The lowest BCUT2D eigenvalue weighted by atomic mass is 10.3. The van der Waals surface area contributed by atoms with E-state index in [1.807, 2.05) is 4.57 Å². The number of benzene rings is 2. The second kappa shape index (κ2) is 9.89. The highest BCUT2D eigenvalue weighted by Gasteiger charge is 2.13. The largest absolute Gasteiger partial charge is 0.493 e. The number of nitrogens with zero attached hydrogens (tertiary/aromatic N) is 3. The topological polar surface area (TPSA) is 49.2 Å². The molecule has 0 N–H and O–H groups in total. The first kappa shape index (κ1) is 19.9. The average molecular weight is 403 g/mol. The zero-order valence-electron chi connectivity index (χ0n) is 15.1. The number of thioether (sulfide) groups is 1. The Balaban J connectivity index is 1.57. The molecule has 0 fully saturated rings. The minimum absolute atomic E-state index is 0.0854.